The second-order valence-electron chi connectivity index (χ2n) is 9.17. The van der Waals surface area contributed by atoms with Crippen LogP contribution < -0.4 is 9.47 Å². The first-order valence-corrected chi connectivity index (χ1v) is 13.5. The van der Waals surface area contributed by atoms with Crippen molar-refractivity contribution in [1.29, 1.82) is 0 Å². The molecule has 0 aliphatic rings. The molecular formula is C37H42O8. The molecular weight excluding hydrogens is 572 g/mol. The molecule has 0 saturated carbocycles. The van der Waals surface area contributed by atoms with Gasteiger partial charge in [0.25, 0.3) is 0 Å². The maximum Gasteiger partial charge on any atom is 0.344 e. The average molecular weight is 615 g/mol. The lowest BCUT2D eigenvalue weighted by Crippen LogP contribution is -2.17. The van der Waals surface area contributed by atoms with Crippen LogP contribution in [0.3, 0.4) is 0 Å². The fraction of sp³-hybridized carbons (Fsp3) is 0.243. The van der Waals surface area contributed by atoms with E-state index < -0.39 is 11.9 Å². The van der Waals surface area contributed by atoms with Crippen molar-refractivity contribution in [2.75, 3.05) is 26.4 Å². The summed E-state index contributed by atoms with van der Waals surface area (Å²) in [5, 5.41) is 0. The zero-order valence-electron chi connectivity index (χ0n) is 22.9. The minimum absolute atomic E-state index is 0. The Labute approximate surface area is 265 Å². The molecule has 0 aromatic heterocycles. The smallest absolute Gasteiger partial charge is 0.344 e. The van der Waals surface area contributed by atoms with Gasteiger partial charge in [0.05, 0.1) is 13.2 Å². The number of carbonyl (C=O) groups excluding carboxylic acids is 4. The number of carbonyl (C=O) groups is 4. The predicted molar refractivity (Wildman–Crippen MR) is 175 cm³/mol. The Kier molecular flexibility index (Phi) is 16.7. The van der Waals surface area contributed by atoms with Crippen molar-refractivity contribution < 1.29 is 38.1 Å². The molecule has 0 heterocycles. The SMILES string of the molecule is C.C.C.O=C(COc1cccc(C(=O)c2ccccc2)c1)OCCCCOC(=O)COc1cccc(C(=O)c2ccccc2)c1. The zero-order valence-corrected chi connectivity index (χ0v) is 22.9. The van der Waals surface area contributed by atoms with E-state index in [1.807, 2.05) is 12.1 Å². The first-order valence-electron chi connectivity index (χ1n) is 13.5. The molecule has 0 radical (unpaired) electrons. The molecule has 0 fully saturated rings. The lowest BCUT2D eigenvalue weighted by atomic mass is 10.0. The van der Waals surface area contributed by atoms with E-state index in [1.165, 1.54) is 0 Å². The number of benzene rings is 4. The first kappa shape index (κ1) is 37.8. The Morgan fingerprint density at radius 3 is 1.18 bits per heavy atom. The van der Waals surface area contributed by atoms with Gasteiger partial charge in [-0.15, -0.1) is 0 Å². The van der Waals surface area contributed by atoms with Crippen LogP contribution in [0, 0.1) is 0 Å². The summed E-state index contributed by atoms with van der Waals surface area (Å²) in [6, 6.07) is 31.0. The molecule has 4 aromatic rings. The minimum atomic E-state index is -0.548. The van der Waals surface area contributed by atoms with E-state index in [2.05, 4.69) is 0 Å². The molecule has 8 nitrogen and oxygen atoms in total. The highest BCUT2D eigenvalue weighted by atomic mass is 16.6. The number of ether oxygens (including phenoxy) is 4. The normalized spacial score (nSPS) is 9.69. The van der Waals surface area contributed by atoms with Crippen LogP contribution in [-0.4, -0.2) is 49.9 Å². The van der Waals surface area contributed by atoms with Gasteiger partial charge < -0.3 is 18.9 Å². The summed E-state index contributed by atoms with van der Waals surface area (Å²) in [6.45, 7) is -0.309. The van der Waals surface area contributed by atoms with Gasteiger partial charge in [0, 0.05) is 22.3 Å². The van der Waals surface area contributed by atoms with Gasteiger partial charge >= 0.3 is 11.9 Å². The van der Waals surface area contributed by atoms with E-state index in [-0.39, 0.29) is 60.3 Å². The summed E-state index contributed by atoms with van der Waals surface area (Å²) < 4.78 is 21.3. The zero-order chi connectivity index (χ0) is 29.6. The van der Waals surface area contributed by atoms with Crippen LogP contribution in [0.5, 0.6) is 11.5 Å². The highest BCUT2D eigenvalue weighted by Gasteiger charge is 2.12. The monoisotopic (exact) mass is 614 g/mol. The van der Waals surface area contributed by atoms with Crippen LogP contribution >= 0.6 is 0 Å². The summed E-state index contributed by atoms with van der Waals surface area (Å²) >= 11 is 0. The van der Waals surface area contributed by atoms with Crippen molar-refractivity contribution >= 4 is 23.5 Å². The molecule has 0 bridgehead atoms. The minimum Gasteiger partial charge on any atom is -0.482 e. The summed E-state index contributed by atoms with van der Waals surface area (Å²) in [5.41, 5.74) is 2.04. The summed E-state index contributed by atoms with van der Waals surface area (Å²) in [7, 11) is 0. The standard InChI is InChI=1S/C34H30O8.3CH4/c35-31(23-41-29-17-9-15-27(21-29)33(37)25-11-3-1-4-12-25)39-19-7-8-20-40-32(36)24-42-30-18-10-16-28(22-30)34(38)26-13-5-2-6-14-26;;;/h1-6,9-18,21-22H,7-8,19-20,23-24H2;3*1H4. The van der Waals surface area contributed by atoms with Crippen LogP contribution in [0.1, 0.15) is 67.0 Å². The van der Waals surface area contributed by atoms with Crippen LogP contribution in [0.25, 0.3) is 0 Å². The van der Waals surface area contributed by atoms with Crippen molar-refractivity contribution in [2.45, 2.75) is 35.1 Å². The van der Waals surface area contributed by atoms with Crippen LogP contribution in [0.2, 0.25) is 0 Å². The lowest BCUT2D eigenvalue weighted by molar-refractivity contribution is -0.148. The molecule has 4 aromatic carbocycles. The number of esters is 2. The van der Waals surface area contributed by atoms with Crippen LogP contribution in [-0.2, 0) is 19.1 Å². The van der Waals surface area contributed by atoms with Gasteiger partial charge in [0.1, 0.15) is 11.5 Å². The van der Waals surface area contributed by atoms with Gasteiger partial charge in [-0.3, -0.25) is 9.59 Å². The second-order valence-corrected chi connectivity index (χ2v) is 9.17. The molecule has 0 amide bonds. The van der Waals surface area contributed by atoms with Gasteiger partial charge in [-0.1, -0.05) is 107 Å². The molecule has 0 unspecified atom stereocenters. The van der Waals surface area contributed by atoms with Gasteiger partial charge in [0.15, 0.2) is 24.8 Å². The Morgan fingerprint density at radius 2 is 0.800 bits per heavy atom. The summed E-state index contributed by atoms with van der Waals surface area (Å²) in [5.74, 6) is -0.600. The quantitative estimate of drug-likeness (QED) is 0.0776. The van der Waals surface area contributed by atoms with Crippen molar-refractivity contribution in [1.82, 2.24) is 0 Å². The lowest BCUT2D eigenvalue weighted by Gasteiger charge is -2.09. The Bertz CT molecular complexity index is 1380. The van der Waals surface area contributed by atoms with Crippen LogP contribution in [0.15, 0.2) is 109 Å². The van der Waals surface area contributed by atoms with Crippen molar-refractivity contribution in [3.63, 3.8) is 0 Å². The van der Waals surface area contributed by atoms with Gasteiger partial charge in [-0.25, -0.2) is 9.59 Å². The molecule has 4 rings (SSSR count). The number of ketones is 2. The molecule has 0 atom stereocenters. The Balaban J connectivity index is 0.00000337. The van der Waals surface area contributed by atoms with Gasteiger partial charge in [-0.2, -0.15) is 0 Å². The number of unbranched alkanes of at least 4 members (excludes halogenated alkanes) is 1. The highest BCUT2D eigenvalue weighted by Crippen LogP contribution is 2.18. The summed E-state index contributed by atoms with van der Waals surface area (Å²) in [4.78, 5) is 49.2. The molecule has 0 saturated heterocycles. The maximum absolute atomic E-state index is 12.6. The molecule has 238 valence electrons. The van der Waals surface area contributed by atoms with E-state index >= 15 is 0 Å². The largest absolute Gasteiger partial charge is 0.482 e. The topological polar surface area (TPSA) is 105 Å². The van der Waals surface area contributed by atoms with Gasteiger partial charge in [0.2, 0.25) is 0 Å². The van der Waals surface area contributed by atoms with Crippen molar-refractivity contribution in [3.05, 3.63) is 131 Å². The molecule has 0 aliphatic heterocycles. The van der Waals surface area contributed by atoms with Gasteiger partial charge in [-0.05, 0) is 37.1 Å². The third kappa shape index (κ3) is 12.1. The Hall–Kier alpha value is -5.24. The third-order valence-corrected chi connectivity index (χ3v) is 6.04. The van der Waals surface area contributed by atoms with E-state index in [0.717, 1.165) is 0 Å². The number of rotatable bonds is 15. The fourth-order valence-corrected chi connectivity index (χ4v) is 3.91. The molecule has 8 heteroatoms. The van der Waals surface area contributed by atoms with E-state index in [4.69, 9.17) is 18.9 Å². The Morgan fingerprint density at radius 1 is 0.444 bits per heavy atom. The first-order chi connectivity index (χ1) is 20.5. The number of hydrogen-bond acceptors (Lipinski definition) is 8. The van der Waals surface area contributed by atoms with Crippen molar-refractivity contribution in [2.24, 2.45) is 0 Å². The molecule has 45 heavy (non-hydrogen) atoms. The second kappa shape index (κ2) is 19.9. The van der Waals surface area contributed by atoms with E-state index in [0.29, 0.717) is 46.6 Å². The summed E-state index contributed by atoms with van der Waals surface area (Å²) in [6.07, 6.45) is 0.981. The molecule has 0 spiro atoms. The molecule has 0 aliphatic carbocycles. The van der Waals surface area contributed by atoms with Crippen molar-refractivity contribution in [3.8, 4) is 11.5 Å². The maximum atomic E-state index is 12.6. The van der Waals surface area contributed by atoms with E-state index in [9.17, 15) is 19.2 Å². The predicted octanol–water partition coefficient (Wildman–Crippen LogP) is 7.38. The molecule has 0 N–H and O–H groups in total. The fourth-order valence-electron chi connectivity index (χ4n) is 3.91. The highest BCUT2D eigenvalue weighted by molar-refractivity contribution is 6.09. The third-order valence-electron chi connectivity index (χ3n) is 6.04. The average Bonchev–Trinajstić information content (AvgIpc) is 3.04. The van der Waals surface area contributed by atoms with Crippen LogP contribution in [0.4, 0.5) is 0 Å². The number of hydrogen-bond donors (Lipinski definition) is 0. The van der Waals surface area contributed by atoms with E-state index in [1.54, 1.807) is 97.1 Å².